The summed E-state index contributed by atoms with van der Waals surface area (Å²) in [5, 5.41) is 0.439. The van der Waals surface area contributed by atoms with E-state index in [0.717, 1.165) is 19.0 Å². The Morgan fingerprint density at radius 3 is 2.30 bits per heavy atom. The van der Waals surface area contributed by atoms with Crippen molar-refractivity contribution < 1.29 is 9.47 Å². The monoisotopic (exact) mass is 375 g/mol. The first-order chi connectivity index (χ1) is 13.0. The summed E-state index contributed by atoms with van der Waals surface area (Å²) in [5.74, 6) is 1.80. The molecular formula is C20H29N3O4. The Hall–Kier alpha value is -2.28. The maximum atomic E-state index is 12.9. The Balaban J connectivity index is 1.91. The fourth-order valence-electron chi connectivity index (χ4n) is 3.53. The van der Waals surface area contributed by atoms with E-state index >= 15 is 0 Å². The van der Waals surface area contributed by atoms with Gasteiger partial charge in [-0.3, -0.25) is 9.36 Å². The standard InChI is InChI=1S/C20H29N3O4/c1-4-26-17-12-15-16(13-18(17)27-5-2)21-20(25)23(19(15)24)11-10-22-8-6-14(3)7-9-22/h12-14H,4-11H2,1-3H3,(H,21,25). The van der Waals surface area contributed by atoms with Crippen molar-refractivity contribution in [3.8, 4) is 11.5 Å². The molecule has 148 valence electrons. The van der Waals surface area contributed by atoms with Crippen LogP contribution in [0.25, 0.3) is 10.9 Å². The van der Waals surface area contributed by atoms with E-state index in [0.29, 0.717) is 48.7 Å². The van der Waals surface area contributed by atoms with Gasteiger partial charge in [-0.05, 0) is 51.8 Å². The quantitative estimate of drug-likeness (QED) is 0.803. The van der Waals surface area contributed by atoms with Crippen LogP contribution in [0.3, 0.4) is 0 Å². The highest BCUT2D eigenvalue weighted by molar-refractivity contribution is 5.81. The lowest BCUT2D eigenvalue weighted by Crippen LogP contribution is -2.41. The molecule has 7 nitrogen and oxygen atoms in total. The molecule has 0 radical (unpaired) electrons. The van der Waals surface area contributed by atoms with Crippen LogP contribution in [0, 0.1) is 5.92 Å². The van der Waals surface area contributed by atoms with Gasteiger partial charge in [0.2, 0.25) is 0 Å². The molecule has 1 N–H and O–H groups in total. The van der Waals surface area contributed by atoms with Crippen LogP contribution in [-0.2, 0) is 6.54 Å². The highest BCUT2D eigenvalue weighted by Crippen LogP contribution is 2.30. The summed E-state index contributed by atoms with van der Waals surface area (Å²) in [6.45, 7) is 10.1. The predicted molar refractivity (Wildman–Crippen MR) is 106 cm³/mol. The van der Waals surface area contributed by atoms with Crippen molar-refractivity contribution in [3.05, 3.63) is 33.0 Å². The van der Waals surface area contributed by atoms with Crippen LogP contribution >= 0.6 is 0 Å². The van der Waals surface area contributed by atoms with Crippen LogP contribution in [0.4, 0.5) is 0 Å². The average molecular weight is 375 g/mol. The van der Waals surface area contributed by atoms with Gasteiger partial charge in [0.1, 0.15) is 0 Å². The van der Waals surface area contributed by atoms with Crippen molar-refractivity contribution in [2.24, 2.45) is 5.92 Å². The van der Waals surface area contributed by atoms with Crippen molar-refractivity contribution in [2.75, 3.05) is 32.8 Å². The van der Waals surface area contributed by atoms with E-state index in [-0.39, 0.29) is 11.2 Å². The van der Waals surface area contributed by atoms with Gasteiger partial charge in [0, 0.05) is 19.2 Å². The highest BCUT2D eigenvalue weighted by atomic mass is 16.5. The molecule has 0 unspecified atom stereocenters. The van der Waals surface area contributed by atoms with E-state index in [1.165, 1.54) is 17.4 Å². The first-order valence-corrected chi connectivity index (χ1v) is 9.82. The predicted octanol–water partition coefficient (Wildman–Crippen LogP) is 2.22. The van der Waals surface area contributed by atoms with Gasteiger partial charge in [-0.15, -0.1) is 0 Å². The maximum Gasteiger partial charge on any atom is 0.328 e. The highest BCUT2D eigenvalue weighted by Gasteiger charge is 2.17. The fourth-order valence-corrected chi connectivity index (χ4v) is 3.53. The summed E-state index contributed by atoms with van der Waals surface area (Å²) in [6.07, 6.45) is 2.34. The topological polar surface area (TPSA) is 76.6 Å². The first-order valence-electron chi connectivity index (χ1n) is 9.82. The molecule has 2 aromatic rings. The number of rotatable bonds is 7. The number of piperidine rings is 1. The molecule has 7 heteroatoms. The Labute approximate surface area is 158 Å². The summed E-state index contributed by atoms with van der Waals surface area (Å²) in [5.41, 5.74) is -0.201. The molecule has 27 heavy (non-hydrogen) atoms. The van der Waals surface area contributed by atoms with E-state index in [2.05, 4.69) is 16.8 Å². The number of likely N-dealkylation sites (tertiary alicyclic amines) is 1. The summed E-state index contributed by atoms with van der Waals surface area (Å²) < 4.78 is 12.5. The van der Waals surface area contributed by atoms with Crippen LogP contribution in [0.5, 0.6) is 11.5 Å². The summed E-state index contributed by atoms with van der Waals surface area (Å²) >= 11 is 0. The molecule has 2 heterocycles. The lowest BCUT2D eigenvalue weighted by Gasteiger charge is -2.30. The normalized spacial score (nSPS) is 16.0. The van der Waals surface area contributed by atoms with E-state index < -0.39 is 0 Å². The number of fused-ring (bicyclic) bond motifs is 1. The van der Waals surface area contributed by atoms with Gasteiger partial charge in [0.05, 0.1) is 24.1 Å². The van der Waals surface area contributed by atoms with Crippen LogP contribution in [0.2, 0.25) is 0 Å². The van der Waals surface area contributed by atoms with E-state index in [4.69, 9.17) is 9.47 Å². The molecule has 1 saturated heterocycles. The molecule has 0 spiro atoms. The summed E-state index contributed by atoms with van der Waals surface area (Å²) in [4.78, 5) is 30.5. The number of hydrogen-bond acceptors (Lipinski definition) is 5. The third-order valence-electron chi connectivity index (χ3n) is 5.16. The first kappa shape index (κ1) is 19.5. The molecule has 1 fully saturated rings. The Kier molecular flexibility index (Phi) is 6.21. The minimum absolute atomic E-state index is 0.289. The zero-order valence-electron chi connectivity index (χ0n) is 16.4. The number of aromatic nitrogens is 2. The smallest absolute Gasteiger partial charge is 0.328 e. The van der Waals surface area contributed by atoms with Gasteiger partial charge in [0.25, 0.3) is 5.56 Å². The van der Waals surface area contributed by atoms with Crippen molar-refractivity contribution in [2.45, 2.75) is 40.2 Å². The van der Waals surface area contributed by atoms with Gasteiger partial charge in [0.15, 0.2) is 11.5 Å². The van der Waals surface area contributed by atoms with Crippen molar-refractivity contribution in [1.29, 1.82) is 0 Å². The number of hydrogen-bond donors (Lipinski definition) is 1. The molecular weight excluding hydrogens is 346 g/mol. The molecule has 0 amide bonds. The third-order valence-corrected chi connectivity index (χ3v) is 5.16. The van der Waals surface area contributed by atoms with Gasteiger partial charge in [-0.25, -0.2) is 4.79 Å². The second-order valence-electron chi connectivity index (χ2n) is 7.12. The van der Waals surface area contributed by atoms with E-state index in [1.807, 2.05) is 13.8 Å². The van der Waals surface area contributed by atoms with E-state index in [1.54, 1.807) is 12.1 Å². The molecule has 1 aromatic carbocycles. The minimum Gasteiger partial charge on any atom is -0.490 e. The number of benzene rings is 1. The molecule has 1 aliphatic heterocycles. The maximum absolute atomic E-state index is 12.9. The van der Waals surface area contributed by atoms with Gasteiger partial charge < -0.3 is 19.4 Å². The Morgan fingerprint density at radius 2 is 1.67 bits per heavy atom. The number of ether oxygens (including phenoxy) is 2. The van der Waals surface area contributed by atoms with E-state index in [9.17, 15) is 9.59 Å². The third kappa shape index (κ3) is 4.35. The van der Waals surface area contributed by atoms with Gasteiger partial charge in [-0.1, -0.05) is 6.92 Å². The van der Waals surface area contributed by atoms with Gasteiger partial charge >= 0.3 is 5.69 Å². The van der Waals surface area contributed by atoms with Gasteiger partial charge in [-0.2, -0.15) is 0 Å². The minimum atomic E-state index is -0.385. The summed E-state index contributed by atoms with van der Waals surface area (Å²) in [7, 11) is 0. The summed E-state index contributed by atoms with van der Waals surface area (Å²) in [6, 6.07) is 3.34. The number of nitrogens with zero attached hydrogens (tertiary/aromatic N) is 2. The molecule has 0 bridgehead atoms. The SMILES string of the molecule is CCOc1cc2[nH]c(=O)n(CCN3CCC(C)CC3)c(=O)c2cc1OCC. The molecule has 0 atom stereocenters. The Bertz CT molecular complexity index is 894. The molecule has 0 saturated carbocycles. The average Bonchev–Trinajstić information content (AvgIpc) is 2.64. The second kappa shape index (κ2) is 8.61. The van der Waals surface area contributed by atoms with Crippen LogP contribution in [0.15, 0.2) is 21.7 Å². The van der Waals surface area contributed by atoms with Crippen LogP contribution < -0.4 is 20.7 Å². The molecule has 0 aliphatic carbocycles. The van der Waals surface area contributed by atoms with Crippen molar-refractivity contribution in [3.63, 3.8) is 0 Å². The second-order valence-corrected chi connectivity index (χ2v) is 7.12. The fraction of sp³-hybridized carbons (Fsp3) is 0.600. The van der Waals surface area contributed by atoms with Crippen molar-refractivity contribution in [1.82, 2.24) is 14.5 Å². The zero-order valence-corrected chi connectivity index (χ0v) is 16.4. The van der Waals surface area contributed by atoms with Crippen LogP contribution in [-0.4, -0.2) is 47.3 Å². The largest absolute Gasteiger partial charge is 0.490 e. The number of aromatic amines is 1. The van der Waals surface area contributed by atoms with Crippen LogP contribution in [0.1, 0.15) is 33.6 Å². The molecule has 1 aromatic heterocycles. The number of nitrogens with one attached hydrogen (secondary N) is 1. The lowest BCUT2D eigenvalue weighted by atomic mass is 9.99. The lowest BCUT2D eigenvalue weighted by molar-refractivity contribution is 0.185. The van der Waals surface area contributed by atoms with Crippen molar-refractivity contribution >= 4 is 10.9 Å². The molecule has 3 rings (SSSR count). The number of H-pyrrole nitrogens is 1. The zero-order chi connectivity index (χ0) is 19.4. The molecule has 1 aliphatic rings. The Morgan fingerprint density at radius 1 is 1.04 bits per heavy atom.